The lowest BCUT2D eigenvalue weighted by molar-refractivity contribution is -0.246. The zero-order chi connectivity index (χ0) is 18.4. The van der Waals surface area contributed by atoms with Crippen LogP contribution in [-0.2, 0) is 5.60 Å². The molecule has 1 atom stereocenters. The van der Waals surface area contributed by atoms with Gasteiger partial charge in [0.25, 0.3) is 5.91 Å². The molecule has 132 valence electrons. The van der Waals surface area contributed by atoms with E-state index < -0.39 is 17.7 Å². The summed E-state index contributed by atoms with van der Waals surface area (Å²) in [6, 6.07) is 9.70. The van der Waals surface area contributed by atoms with E-state index in [0.29, 0.717) is 5.56 Å². The molecule has 0 spiro atoms. The Labute approximate surface area is 142 Å². The summed E-state index contributed by atoms with van der Waals surface area (Å²) in [5.41, 5.74) is -3.21. The molecule has 1 unspecified atom stereocenters. The van der Waals surface area contributed by atoms with Crippen molar-refractivity contribution < 1.29 is 28.2 Å². The number of hydrogen-bond acceptors (Lipinski definition) is 3. The van der Waals surface area contributed by atoms with Crippen molar-refractivity contribution in [2.75, 3.05) is 20.2 Å². The summed E-state index contributed by atoms with van der Waals surface area (Å²) >= 11 is 0. The fourth-order valence-corrected chi connectivity index (χ4v) is 3.17. The second-order valence-electron chi connectivity index (χ2n) is 5.96. The third kappa shape index (κ3) is 2.51. The number of alkyl halides is 3. The molecule has 0 bridgehead atoms. The highest BCUT2D eigenvalue weighted by atomic mass is 19.4. The van der Waals surface area contributed by atoms with Crippen molar-refractivity contribution in [2.24, 2.45) is 0 Å². The quantitative estimate of drug-likeness (QED) is 0.893. The Morgan fingerprint density at radius 3 is 2.40 bits per heavy atom. The maximum atomic E-state index is 13.7. The molecule has 0 fully saturated rings. The number of benzene rings is 2. The van der Waals surface area contributed by atoms with Gasteiger partial charge in [-0.3, -0.25) is 4.79 Å². The van der Waals surface area contributed by atoms with Gasteiger partial charge < -0.3 is 15.1 Å². The number of amides is 1. The van der Waals surface area contributed by atoms with E-state index >= 15 is 0 Å². The zero-order valence-electron chi connectivity index (χ0n) is 13.3. The first-order chi connectivity index (χ1) is 11.7. The summed E-state index contributed by atoms with van der Waals surface area (Å²) in [7, 11) is 1.44. The maximum Gasteiger partial charge on any atom is 0.425 e. The van der Waals surface area contributed by atoms with E-state index in [1.165, 1.54) is 42.3 Å². The summed E-state index contributed by atoms with van der Waals surface area (Å²) in [5.74, 6) is -0.530. The van der Waals surface area contributed by atoms with E-state index in [2.05, 4.69) is 0 Å². The Kier molecular flexibility index (Phi) is 4.09. The number of halogens is 3. The molecule has 2 aromatic rings. The minimum absolute atomic E-state index is 0.0187. The average Bonchev–Trinajstić information content (AvgIpc) is 2.84. The van der Waals surface area contributed by atoms with Crippen molar-refractivity contribution in [3.05, 3.63) is 59.2 Å². The molecular formula is C18H16F3NO3. The zero-order valence-corrected chi connectivity index (χ0v) is 13.3. The molecular weight excluding hydrogens is 335 g/mol. The first kappa shape index (κ1) is 17.4. The topological polar surface area (TPSA) is 60.8 Å². The van der Waals surface area contributed by atoms with Crippen molar-refractivity contribution in [1.82, 2.24) is 4.90 Å². The Morgan fingerprint density at radius 1 is 1.12 bits per heavy atom. The van der Waals surface area contributed by atoms with Crippen LogP contribution in [0.15, 0.2) is 42.5 Å². The Balaban J connectivity index is 2.18. The van der Waals surface area contributed by atoms with Crippen molar-refractivity contribution in [3.63, 3.8) is 0 Å². The number of aliphatic hydroxyl groups excluding tert-OH is 1. The third-order valence-electron chi connectivity index (χ3n) is 4.46. The van der Waals surface area contributed by atoms with Gasteiger partial charge in [-0.1, -0.05) is 30.3 Å². The van der Waals surface area contributed by atoms with Gasteiger partial charge in [-0.25, -0.2) is 0 Å². The SMILES string of the molecule is CN(CCO)C(=O)c1ccc2c(c1)C(O)(C(F)(F)F)c1ccccc1-2. The number of rotatable bonds is 3. The van der Waals surface area contributed by atoms with Crippen LogP contribution in [-0.4, -0.2) is 47.4 Å². The summed E-state index contributed by atoms with van der Waals surface area (Å²) in [6.45, 7) is -0.204. The van der Waals surface area contributed by atoms with E-state index in [1.807, 2.05) is 0 Å². The van der Waals surface area contributed by atoms with Crippen LogP contribution in [0.5, 0.6) is 0 Å². The highest BCUT2D eigenvalue weighted by Crippen LogP contribution is 2.54. The van der Waals surface area contributed by atoms with Crippen molar-refractivity contribution >= 4 is 5.91 Å². The van der Waals surface area contributed by atoms with Crippen LogP contribution >= 0.6 is 0 Å². The lowest BCUT2D eigenvalue weighted by Gasteiger charge is -2.28. The molecule has 0 heterocycles. The number of carbonyl (C=O) groups excluding carboxylic acids is 1. The summed E-state index contributed by atoms with van der Waals surface area (Å²) < 4.78 is 41.2. The molecule has 1 amide bonds. The van der Waals surface area contributed by atoms with E-state index in [4.69, 9.17) is 5.11 Å². The van der Waals surface area contributed by atoms with Crippen LogP contribution in [0.4, 0.5) is 13.2 Å². The highest BCUT2D eigenvalue weighted by Gasteiger charge is 2.60. The first-order valence-corrected chi connectivity index (χ1v) is 7.61. The van der Waals surface area contributed by atoms with Crippen molar-refractivity contribution in [2.45, 2.75) is 11.8 Å². The molecule has 2 aromatic carbocycles. The molecule has 3 rings (SSSR count). The number of likely N-dealkylation sites (N-methyl/N-ethyl adjacent to an activating group) is 1. The van der Waals surface area contributed by atoms with Crippen LogP contribution in [0.1, 0.15) is 21.5 Å². The minimum Gasteiger partial charge on any atom is -0.395 e. The van der Waals surface area contributed by atoms with Crippen molar-refractivity contribution in [3.8, 4) is 11.1 Å². The normalized spacial score (nSPS) is 18.6. The van der Waals surface area contributed by atoms with Gasteiger partial charge in [-0.2, -0.15) is 13.2 Å². The lowest BCUT2D eigenvalue weighted by atomic mass is 9.90. The van der Waals surface area contributed by atoms with E-state index in [1.54, 1.807) is 6.07 Å². The van der Waals surface area contributed by atoms with E-state index in [9.17, 15) is 23.1 Å². The van der Waals surface area contributed by atoms with Gasteiger partial charge in [-0.15, -0.1) is 0 Å². The van der Waals surface area contributed by atoms with E-state index in [0.717, 1.165) is 6.07 Å². The smallest absolute Gasteiger partial charge is 0.395 e. The standard InChI is InChI=1S/C18H16F3NO3/c1-22(8-9-23)16(24)11-6-7-13-12-4-2-3-5-14(12)17(25,15(13)10-11)18(19,20)21/h2-7,10,23,25H,8-9H2,1H3. The monoisotopic (exact) mass is 351 g/mol. The molecule has 0 saturated carbocycles. The second-order valence-corrected chi connectivity index (χ2v) is 5.96. The van der Waals surface area contributed by atoms with Gasteiger partial charge in [0.15, 0.2) is 0 Å². The maximum absolute atomic E-state index is 13.7. The fraction of sp³-hybridized carbons (Fsp3) is 0.278. The predicted octanol–water partition coefficient (Wildman–Crippen LogP) is 2.53. The van der Waals surface area contributed by atoms with Crippen molar-refractivity contribution in [1.29, 1.82) is 0 Å². The summed E-state index contributed by atoms with van der Waals surface area (Å²) in [6.07, 6.45) is -4.94. The van der Waals surface area contributed by atoms with Crippen LogP contribution in [0.3, 0.4) is 0 Å². The Hall–Kier alpha value is -2.38. The third-order valence-corrected chi connectivity index (χ3v) is 4.46. The molecule has 2 N–H and O–H groups in total. The number of aliphatic hydroxyl groups is 2. The molecule has 1 aliphatic rings. The van der Waals surface area contributed by atoms with Gasteiger partial charge in [0, 0.05) is 30.3 Å². The van der Waals surface area contributed by atoms with Gasteiger partial charge >= 0.3 is 6.18 Å². The summed E-state index contributed by atoms with van der Waals surface area (Å²) in [4.78, 5) is 13.5. The Bertz CT molecular complexity index is 835. The second kappa shape index (κ2) is 5.86. The largest absolute Gasteiger partial charge is 0.425 e. The molecule has 1 aliphatic carbocycles. The molecule has 4 nitrogen and oxygen atoms in total. The lowest BCUT2D eigenvalue weighted by Crippen LogP contribution is -2.41. The average molecular weight is 351 g/mol. The van der Waals surface area contributed by atoms with Gasteiger partial charge in [0.1, 0.15) is 0 Å². The molecule has 0 radical (unpaired) electrons. The molecule has 7 heteroatoms. The van der Waals surface area contributed by atoms with Crippen LogP contribution in [0.2, 0.25) is 0 Å². The van der Waals surface area contributed by atoms with E-state index in [-0.39, 0.29) is 35.4 Å². The molecule has 25 heavy (non-hydrogen) atoms. The number of fused-ring (bicyclic) bond motifs is 3. The number of hydrogen-bond donors (Lipinski definition) is 2. The van der Waals surface area contributed by atoms with Gasteiger partial charge in [-0.05, 0) is 23.3 Å². The van der Waals surface area contributed by atoms with Crippen LogP contribution in [0.25, 0.3) is 11.1 Å². The Morgan fingerprint density at radius 2 is 1.76 bits per heavy atom. The molecule has 0 aliphatic heterocycles. The van der Waals surface area contributed by atoms with Crippen LogP contribution in [0, 0.1) is 0 Å². The number of carbonyl (C=O) groups is 1. The first-order valence-electron chi connectivity index (χ1n) is 7.61. The molecule has 0 saturated heterocycles. The minimum atomic E-state index is -4.94. The summed E-state index contributed by atoms with van der Waals surface area (Å²) in [5, 5.41) is 19.5. The van der Waals surface area contributed by atoms with Gasteiger partial charge in [0.2, 0.25) is 5.60 Å². The fourth-order valence-electron chi connectivity index (χ4n) is 3.17. The van der Waals surface area contributed by atoms with Crippen LogP contribution < -0.4 is 0 Å². The molecule has 0 aromatic heterocycles. The highest BCUT2D eigenvalue weighted by molar-refractivity contribution is 5.96. The van der Waals surface area contributed by atoms with Gasteiger partial charge in [0.05, 0.1) is 6.61 Å². The predicted molar refractivity (Wildman–Crippen MR) is 85.0 cm³/mol. The number of nitrogens with zero attached hydrogens (tertiary/aromatic N) is 1.